The van der Waals surface area contributed by atoms with Gasteiger partial charge in [0.15, 0.2) is 5.79 Å². The van der Waals surface area contributed by atoms with Gasteiger partial charge in [-0.25, -0.2) is 0 Å². The molecule has 1 fully saturated rings. The molecule has 0 spiro atoms. The van der Waals surface area contributed by atoms with Crippen LogP contribution in [0.1, 0.15) is 60.3 Å². The highest BCUT2D eigenvalue weighted by molar-refractivity contribution is 6.98. The van der Waals surface area contributed by atoms with Gasteiger partial charge in [0.1, 0.15) is 0 Å². The molecule has 0 aliphatic carbocycles. The highest BCUT2D eigenvalue weighted by Gasteiger charge is 2.51. The van der Waals surface area contributed by atoms with Crippen LogP contribution in [0.15, 0.2) is 60.7 Å². The smallest absolute Gasteiger partial charge is 0.258 e. The minimum Gasteiger partial charge on any atom is -0.424 e. The second-order valence-electron chi connectivity index (χ2n) is 10.1. The van der Waals surface area contributed by atoms with E-state index in [4.69, 9.17) is 9.47 Å². The fraction of sp³-hybridized carbons (Fsp3) is 0.538. The molecule has 4 heteroatoms. The normalized spacial score (nSPS) is 18.9. The van der Waals surface area contributed by atoms with Gasteiger partial charge in [0.2, 0.25) is 0 Å². The van der Waals surface area contributed by atoms with E-state index in [-0.39, 0.29) is 10.5 Å². The molecule has 2 aromatic carbocycles. The summed E-state index contributed by atoms with van der Waals surface area (Å²) in [6, 6.07) is 20.6. The minimum absolute atomic E-state index is 0.0181. The van der Waals surface area contributed by atoms with Crippen molar-refractivity contribution in [2.24, 2.45) is 5.41 Å². The highest BCUT2D eigenvalue weighted by Crippen LogP contribution is 2.46. The third kappa shape index (κ3) is 4.72. The molecule has 3 nitrogen and oxygen atoms in total. The van der Waals surface area contributed by atoms with E-state index in [1.165, 1.54) is 0 Å². The predicted molar refractivity (Wildman–Crippen MR) is 127 cm³/mol. The summed E-state index contributed by atoms with van der Waals surface area (Å²) in [6.45, 7) is 12.1. The Kier molecular flexibility index (Phi) is 6.93. The highest BCUT2D eigenvalue weighted by atomic mass is 28.4. The van der Waals surface area contributed by atoms with Crippen LogP contribution in [-0.2, 0) is 9.47 Å². The molecular formula is C26H38O3Si. The maximum Gasteiger partial charge on any atom is 0.258 e. The molecule has 0 bridgehead atoms. The molecule has 0 unspecified atom stereocenters. The Labute approximate surface area is 183 Å². The summed E-state index contributed by atoms with van der Waals surface area (Å²) in [5.41, 5.74) is 0.0181. The van der Waals surface area contributed by atoms with Gasteiger partial charge < -0.3 is 14.3 Å². The molecule has 1 aliphatic heterocycles. The first-order valence-electron chi connectivity index (χ1n) is 11.3. The monoisotopic (exact) mass is 426 g/mol. The SMILES string of the molecule is CCCC1(CCC(C)(C)[Si](O)(c2ccccc2)c2ccccc2)COC(C)(C)OC1. The van der Waals surface area contributed by atoms with Crippen molar-refractivity contribution in [1.82, 2.24) is 0 Å². The summed E-state index contributed by atoms with van der Waals surface area (Å²) < 4.78 is 12.2. The quantitative estimate of drug-likeness (QED) is 0.612. The molecule has 1 heterocycles. The van der Waals surface area contributed by atoms with E-state index in [1.807, 2.05) is 50.2 Å². The van der Waals surface area contributed by atoms with Gasteiger partial charge in [-0.2, -0.15) is 0 Å². The van der Waals surface area contributed by atoms with Crippen LogP contribution in [0.4, 0.5) is 0 Å². The zero-order chi connectivity index (χ0) is 21.9. The Morgan fingerprint density at radius 3 is 1.77 bits per heavy atom. The zero-order valence-electron chi connectivity index (χ0n) is 19.3. The molecule has 30 heavy (non-hydrogen) atoms. The van der Waals surface area contributed by atoms with Gasteiger partial charge in [-0.3, -0.25) is 0 Å². The average Bonchev–Trinajstić information content (AvgIpc) is 2.75. The first-order chi connectivity index (χ1) is 14.1. The van der Waals surface area contributed by atoms with Gasteiger partial charge in [-0.15, -0.1) is 0 Å². The zero-order valence-corrected chi connectivity index (χ0v) is 20.3. The lowest BCUT2D eigenvalue weighted by Crippen LogP contribution is -2.65. The van der Waals surface area contributed by atoms with Crippen LogP contribution in [0, 0.1) is 5.41 Å². The van der Waals surface area contributed by atoms with Crippen molar-refractivity contribution in [2.75, 3.05) is 13.2 Å². The Balaban J connectivity index is 1.90. The van der Waals surface area contributed by atoms with Crippen molar-refractivity contribution in [3.05, 3.63) is 60.7 Å². The van der Waals surface area contributed by atoms with Gasteiger partial charge in [0.25, 0.3) is 8.32 Å². The van der Waals surface area contributed by atoms with Crippen LogP contribution >= 0.6 is 0 Å². The topological polar surface area (TPSA) is 38.7 Å². The molecule has 164 valence electrons. The number of benzene rings is 2. The average molecular weight is 427 g/mol. The second-order valence-corrected chi connectivity index (χ2v) is 14.0. The number of ether oxygens (including phenoxy) is 2. The molecule has 1 saturated heterocycles. The number of rotatable bonds is 8. The third-order valence-electron chi connectivity index (χ3n) is 6.88. The predicted octanol–water partition coefficient (Wildman–Crippen LogP) is 4.87. The van der Waals surface area contributed by atoms with E-state index in [2.05, 4.69) is 45.0 Å². The molecule has 1 aliphatic rings. The molecule has 0 atom stereocenters. The van der Waals surface area contributed by atoms with Crippen LogP contribution in [0.25, 0.3) is 0 Å². The van der Waals surface area contributed by atoms with Crippen LogP contribution in [0.3, 0.4) is 0 Å². The fourth-order valence-electron chi connectivity index (χ4n) is 4.75. The maximum absolute atomic E-state index is 12.4. The largest absolute Gasteiger partial charge is 0.424 e. The Morgan fingerprint density at radius 2 is 1.33 bits per heavy atom. The molecule has 1 N–H and O–H groups in total. The molecule has 0 saturated carbocycles. The van der Waals surface area contributed by atoms with Crippen molar-refractivity contribution in [3.63, 3.8) is 0 Å². The van der Waals surface area contributed by atoms with E-state index >= 15 is 0 Å². The summed E-state index contributed by atoms with van der Waals surface area (Å²) in [6.07, 6.45) is 4.09. The van der Waals surface area contributed by atoms with E-state index in [0.717, 1.165) is 49.3 Å². The lowest BCUT2D eigenvalue weighted by atomic mass is 9.78. The first-order valence-corrected chi connectivity index (χ1v) is 13.2. The standard InChI is InChI=1S/C26H38O3Si/c1-6-17-26(20-28-25(4,5)29-21-26)19-18-24(2,3)30(27,22-13-9-7-10-14-22)23-15-11-8-12-16-23/h7-16,27H,6,17-21H2,1-5H3. The minimum atomic E-state index is -2.98. The molecule has 2 aromatic rings. The maximum atomic E-state index is 12.4. The van der Waals surface area contributed by atoms with Gasteiger partial charge in [0, 0.05) is 5.41 Å². The van der Waals surface area contributed by atoms with Crippen LogP contribution < -0.4 is 10.4 Å². The van der Waals surface area contributed by atoms with Crippen molar-refractivity contribution < 1.29 is 14.3 Å². The molecule has 0 radical (unpaired) electrons. The van der Waals surface area contributed by atoms with Crippen molar-refractivity contribution in [2.45, 2.75) is 71.1 Å². The second kappa shape index (κ2) is 8.95. The number of hydrogen-bond donors (Lipinski definition) is 1. The van der Waals surface area contributed by atoms with Crippen LogP contribution in [0.5, 0.6) is 0 Å². The Bertz CT molecular complexity index is 752. The fourth-order valence-corrected chi connectivity index (χ4v) is 8.48. The van der Waals surface area contributed by atoms with E-state index in [1.54, 1.807) is 0 Å². The van der Waals surface area contributed by atoms with Gasteiger partial charge >= 0.3 is 0 Å². The van der Waals surface area contributed by atoms with Crippen LogP contribution in [-0.4, -0.2) is 32.1 Å². The lowest BCUT2D eigenvalue weighted by Gasteiger charge is -2.47. The van der Waals surface area contributed by atoms with E-state index < -0.39 is 14.1 Å². The van der Waals surface area contributed by atoms with E-state index in [9.17, 15) is 4.80 Å². The first kappa shape index (κ1) is 23.2. The Hall–Kier alpha value is -1.46. The van der Waals surface area contributed by atoms with Gasteiger partial charge in [-0.05, 0) is 48.5 Å². The molecule has 0 amide bonds. The number of hydrogen-bond acceptors (Lipinski definition) is 3. The van der Waals surface area contributed by atoms with Crippen molar-refractivity contribution >= 4 is 18.7 Å². The summed E-state index contributed by atoms with van der Waals surface area (Å²) >= 11 is 0. The van der Waals surface area contributed by atoms with E-state index in [0.29, 0.717) is 0 Å². The third-order valence-corrected chi connectivity index (χ3v) is 11.4. The molecule has 0 aromatic heterocycles. The van der Waals surface area contributed by atoms with Crippen molar-refractivity contribution in [1.29, 1.82) is 0 Å². The van der Waals surface area contributed by atoms with Crippen molar-refractivity contribution in [3.8, 4) is 0 Å². The molecular weight excluding hydrogens is 388 g/mol. The Morgan fingerprint density at radius 1 is 0.867 bits per heavy atom. The summed E-state index contributed by atoms with van der Waals surface area (Å²) in [4.78, 5) is 12.4. The van der Waals surface area contributed by atoms with Gasteiger partial charge in [0.05, 0.1) is 13.2 Å². The summed E-state index contributed by atoms with van der Waals surface area (Å²) in [5.74, 6) is -0.504. The van der Waals surface area contributed by atoms with Crippen LogP contribution in [0.2, 0.25) is 5.04 Å². The lowest BCUT2D eigenvalue weighted by molar-refractivity contribution is -0.288. The summed E-state index contributed by atoms with van der Waals surface area (Å²) in [5, 5.41) is 1.90. The summed E-state index contributed by atoms with van der Waals surface area (Å²) in [7, 11) is -2.98. The van der Waals surface area contributed by atoms with Gasteiger partial charge in [-0.1, -0.05) is 87.9 Å². The molecule has 3 rings (SSSR count).